The van der Waals surface area contributed by atoms with Gasteiger partial charge in [-0.05, 0) is 64.7 Å². The Morgan fingerprint density at radius 2 is 1.96 bits per heavy atom. The smallest absolute Gasteiger partial charge is 0.310 e. The number of fused-ring (bicyclic) bond motifs is 1. The number of ether oxygens (including phenoxy) is 2. The van der Waals surface area contributed by atoms with Gasteiger partial charge in [0.05, 0.1) is 23.8 Å². The molecule has 0 radical (unpaired) electrons. The van der Waals surface area contributed by atoms with E-state index in [1.165, 1.54) is 5.56 Å². The van der Waals surface area contributed by atoms with Gasteiger partial charge in [-0.1, -0.05) is 19.1 Å². The van der Waals surface area contributed by atoms with Gasteiger partial charge in [0.25, 0.3) is 0 Å². The molecule has 0 unspecified atom stereocenters. The van der Waals surface area contributed by atoms with Gasteiger partial charge in [-0.25, -0.2) is 0 Å². The highest BCUT2D eigenvalue weighted by atomic mass is 79.9. The Labute approximate surface area is 161 Å². The third kappa shape index (κ3) is 4.28. The minimum absolute atomic E-state index is 0.206. The van der Waals surface area contributed by atoms with E-state index in [2.05, 4.69) is 22.9 Å². The van der Waals surface area contributed by atoms with Gasteiger partial charge >= 0.3 is 5.97 Å². The van der Waals surface area contributed by atoms with E-state index in [-0.39, 0.29) is 12.4 Å². The van der Waals surface area contributed by atoms with E-state index in [1.807, 2.05) is 36.4 Å². The Bertz CT molecular complexity index is 914. The predicted octanol–water partition coefficient (Wildman–Crippen LogP) is 5.44. The molecule has 2 aromatic carbocycles. The molecule has 0 spiro atoms. The number of hydrogen-bond acceptors (Lipinski definition) is 4. The number of furan rings is 1. The first-order chi connectivity index (χ1) is 12.6. The fraction of sp³-hybridized carbons (Fsp3) is 0.286. The molecule has 136 valence electrons. The lowest BCUT2D eigenvalue weighted by Crippen LogP contribution is -2.09. The predicted molar refractivity (Wildman–Crippen MR) is 104 cm³/mol. The van der Waals surface area contributed by atoms with Crippen molar-refractivity contribution in [2.75, 3.05) is 6.61 Å². The molecule has 0 aliphatic rings. The quantitative estimate of drug-likeness (QED) is 0.480. The standard InChI is InChI=1S/C21H21BrO4/c1-3-14-5-6-16(12-20(23)24-4-2)19(11-14)26-13-15-9-17-7-8-25-21(17)18(22)10-15/h5-11H,3-4,12-13H2,1-2H3. The Morgan fingerprint density at radius 1 is 1.12 bits per heavy atom. The highest BCUT2D eigenvalue weighted by Gasteiger charge is 2.12. The van der Waals surface area contributed by atoms with Crippen molar-refractivity contribution in [2.45, 2.75) is 33.3 Å². The maximum atomic E-state index is 11.9. The molecular weight excluding hydrogens is 396 g/mol. The Balaban J connectivity index is 1.81. The van der Waals surface area contributed by atoms with Crippen LogP contribution in [0.15, 0.2) is 51.6 Å². The van der Waals surface area contributed by atoms with Crippen LogP contribution in [0.25, 0.3) is 11.0 Å². The van der Waals surface area contributed by atoms with Gasteiger partial charge in [-0.15, -0.1) is 0 Å². The molecule has 0 amide bonds. The van der Waals surface area contributed by atoms with Crippen molar-refractivity contribution < 1.29 is 18.7 Å². The normalized spacial score (nSPS) is 10.9. The van der Waals surface area contributed by atoms with Crippen molar-refractivity contribution in [1.29, 1.82) is 0 Å². The van der Waals surface area contributed by atoms with Crippen molar-refractivity contribution in [2.24, 2.45) is 0 Å². The number of esters is 1. The first kappa shape index (κ1) is 18.5. The summed E-state index contributed by atoms with van der Waals surface area (Å²) in [5, 5.41) is 1.02. The summed E-state index contributed by atoms with van der Waals surface area (Å²) in [5.74, 6) is 0.477. The van der Waals surface area contributed by atoms with Crippen molar-refractivity contribution in [3.8, 4) is 5.75 Å². The van der Waals surface area contributed by atoms with Crippen molar-refractivity contribution in [3.05, 3.63) is 63.8 Å². The number of rotatable bonds is 7. The van der Waals surface area contributed by atoms with Crippen molar-refractivity contribution in [1.82, 2.24) is 0 Å². The molecule has 0 atom stereocenters. The van der Waals surface area contributed by atoms with Crippen LogP contribution < -0.4 is 4.74 Å². The van der Waals surface area contributed by atoms with Crippen LogP contribution in [0, 0.1) is 0 Å². The Kier molecular flexibility index (Phi) is 5.99. The minimum atomic E-state index is -0.246. The zero-order valence-corrected chi connectivity index (χ0v) is 16.5. The number of aryl methyl sites for hydroxylation is 1. The summed E-state index contributed by atoms with van der Waals surface area (Å²) >= 11 is 3.53. The number of carbonyl (C=O) groups is 1. The molecular formula is C21H21BrO4. The lowest BCUT2D eigenvalue weighted by atomic mass is 10.1. The Morgan fingerprint density at radius 3 is 2.73 bits per heavy atom. The van der Waals surface area contributed by atoms with E-state index in [0.717, 1.165) is 38.7 Å². The average Bonchev–Trinajstić information content (AvgIpc) is 3.10. The Hall–Kier alpha value is -2.27. The third-order valence-corrected chi connectivity index (χ3v) is 4.73. The molecule has 0 saturated carbocycles. The highest BCUT2D eigenvalue weighted by molar-refractivity contribution is 9.10. The first-order valence-corrected chi connectivity index (χ1v) is 9.45. The molecule has 3 rings (SSSR count). The molecule has 0 saturated heterocycles. The molecule has 26 heavy (non-hydrogen) atoms. The maximum Gasteiger partial charge on any atom is 0.310 e. The molecule has 0 N–H and O–H groups in total. The SMILES string of the molecule is CCOC(=O)Cc1ccc(CC)cc1OCc1cc(Br)c2occc2c1. The van der Waals surface area contributed by atoms with Crippen LogP contribution in [0.2, 0.25) is 0 Å². The van der Waals surface area contributed by atoms with E-state index in [1.54, 1.807) is 13.2 Å². The van der Waals surface area contributed by atoms with Crippen LogP contribution in [-0.4, -0.2) is 12.6 Å². The van der Waals surface area contributed by atoms with Crippen LogP contribution in [-0.2, 0) is 29.0 Å². The topological polar surface area (TPSA) is 48.7 Å². The first-order valence-electron chi connectivity index (χ1n) is 8.66. The third-order valence-electron chi connectivity index (χ3n) is 4.14. The summed E-state index contributed by atoms with van der Waals surface area (Å²) in [6.07, 6.45) is 2.78. The second kappa shape index (κ2) is 8.41. The van der Waals surface area contributed by atoms with Gasteiger partial charge in [-0.2, -0.15) is 0 Å². The van der Waals surface area contributed by atoms with Crippen LogP contribution >= 0.6 is 15.9 Å². The summed E-state index contributed by atoms with van der Waals surface area (Å²) in [6, 6.07) is 11.9. The van der Waals surface area contributed by atoms with Crippen LogP contribution in [0.4, 0.5) is 0 Å². The lowest BCUT2D eigenvalue weighted by Gasteiger charge is -2.13. The molecule has 0 aliphatic heterocycles. The van der Waals surface area contributed by atoms with Gasteiger partial charge in [0.15, 0.2) is 0 Å². The maximum absolute atomic E-state index is 11.9. The second-order valence-electron chi connectivity index (χ2n) is 5.98. The average molecular weight is 417 g/mol. The fourth-order valence-electron chi connectivity index (χ4n) is 2.81. The summed E-state index contributed by atoms with van der Waals surface area (Å²) in [7, 11) is 0. The van der Waals surface area contributed by atoms with Gasteiger partial charge < -0.3 is 13.9 Å². The van der Waals surface area contributed by atoms with E-state index in [4.69, 9.17) is 13.9 Å². The highest BCUT2D eigenvalue weighted by Crippen LogP contribution is 2.28. The van der Waals surface area contributed by atoms with Gasteiger partial charge in [0.2, 0.25) is 0 Å². The summed E-state index contributed by atoms with van der Waals surface area (Å²) in [6.45, 7) is 4.68. The van der Waals surface area contributed by atoms with Crippen molar-refractivity contribution >= 4 is 32.9 Å². The minimum Gasteiger partial charge on any atom is -0.489 e. The number of halogens is 1. The molecule has 4 nitrogen and oxygen atoms in total. The van der Waals surface area contributed by atoms with Gasteiger partial charge in [0.1, 0.15) is 17.9 Å². The van der Waals surface area contributed by atoms with E-state index < -0.39 is 0 Å². The van der Waals surface area contributed by atoms with Crippen LogP contribution in [0.5, 0.6) is 5.75 Å². The number of hydrogen-bond donors (Lipinski definition) is 0. The lowest BCUT2D eigenvalue weighted by molar-refractivity contribution is -0.142. The molecule has 0 fully saturated rings. The number of carbonyl (C=O) groups excluding carboxylic acids is 1. The molecule has 3 aromatic rings. The summed E-state index contributed by atoms with van der Waals surface area (Å²) in [5.41, 5.74) is 3.85. The molecule has 0 bridgehead atoms. The van der Waals surface area contributed by atoms with Gasteiger partial charge in [0, 0.05) is 10.9 Å². The van der Waals surface area contributed by atoms with Crippen LogP contribution in [0.3, 0.4) is 0 Å². The molecule has 5 heteroatoms. The summed E-state index contributed by atoms with van der Waals surface area (Å²) < 4.78 is 17.5. The monoisotopic (exact) mass is 416 g/mol. The molecule has 1 aromatic heterocycles. The van der Waals surface area contributed by atoms with Gasteiger partial charge in [-0.3, -0.25) is 4.79 Å². The van der Waals surface area contributed by atoms with E-state index in [9.17, 15) is 4.79 Å². The largest absolute Gasteiger partial charge is 0.489 e. The summed E-state index contributed by atoms with van der Waals surface area (Å²) in [4.78, 5) is 11.9. The zero-order valence-electron chi connectivity index (χ0n) is 14.9. The van der Waals surface area contributed by atoms with E-state index in [0.29, 0.717) is 13.2 Å². The van der Waals surface area contributed by atoms with Crippen molar-refractivity contribution in [3.63, 3.8) is 0 Å². The fourth-order valence-corrected chi connectivity index (χ4v) is 3.42. The zero-order chi connectivity index (χ0) is 18.5. The second-order valence-corrected chi connectivity index (χ2v) is 6.84. The molecule has 0 aliphatic carbocycles. The van der Waals surface area contributed by atoms with E-state index >= 15 is 0 Å². The molecule has 1 heterocycles. The number of benzene rings is 2. The van der Waals surface area contributed by atoms with Crippen LogP contribution in [0.1, 0.15) is 30.5 Å².